The third kappa shape index (κ3) is 23.0. The SMILES string of the molecule is CC(C)C[C@H](NC(=O)[C@H](Cc1ccccc1)NC(=O)[C@H](CC(N)=O)NC(=O)[C@H](CCCN=C(N)N)NC(=O)[C@@H](N)CC(=O)O)C(=O)N[C@@H](CCCN=C(N)N)C(=O)N[C@@H](Cc1ccccc1)C(N)=O. The molecule has 0 aromatic heterocycles. The zero-order valence-corrected chi connectivity index (χ0v) is 38.7. The highest BCUT2D eigenvalue weighted by Crippen LogP contribution is 2.12. The summed E-state index contributed by atoms with van der Waals surface area (Å²) in [6.45, 7) is 3.66. The van der Waals surface area contributed by atoms with E-state index in [1.54, 1.807) is 74.5 Å². The van der Waals surface area contributed by atoms with Gasteiger partial charge in [-0.2, -0.15) is 0 Å². The molecule has 0 saturated carbocycles. The topological polar surface area (TPSA) is 453 Å². The lowest BCUT2D eigenvalue weighted by molar-refractivity contribution is -0.140. The molecule has 0 aliphatic heterocycles. The first-order valence-electron chi connectivity index (χ1n) is 22.1. The normalized spacial score (nSPS) is 13.9. The van der Waals surface area contributed by atoms with E-state index in [1.165, 1.54) is 0 Å². The van der Waals surface area contributed by atoms with Crippen LogP contribution in [-0.2, 0) is 56.0 Å². The predicted octanol–water partition coefficient (Wildman–Crippen LogP) is -4.30. The lowest BCUT2D eigenvalue weighted by atomic mass is 9.99. The van der Waals surface area contributed by atoms with Crippen LogP contribution in [0, 0.1) is 5.92 Å². The fourth-order valence-electron chi connectivity index (χ4n) is 6.71. The number of aliphatic imine (C=N–C) groups is 2. The van der Waals surface area contributed by atoms with Gasteiger partial charge in [-0.3, -0.25) is 53.1 Å². The van der Waals surface area contributed by atoms with Crippen molar-refractivity contribution in [1.82, 2.24) is 31.9 Å². The minimum atomic E-state index is -1.73. The Bertz CT molecular complexity index is 2120. The largest absolute Gasteiger partial charge is 0.481 e. The highest BCUT2D eigenvalue weighted by atomic mass is 16.4. The Balaban J connectivity index is 2.46. The molecule has 25 heteroatoms. The van der Waals surface area contributed by atoms with E-state index in [4.69, 9.17) is 45.2 Å². The zero-order chi connectivity index (χ0) is 51.6. The molecule has 21 N–H and O–H groups in total. The van der Waals surface area contributed by atoms with Crippen LogP contribution in [0.1, 0.15) is 69.9 Å². The van der Waals surface area contributed by atoms with E-state index in [2.05, 4.69) is 41.9 Å². The van der Waals surface area contributed by atoms with Crippen molar-refractivity contribution in [3.8, 4) is 0 Å². The number of amides is 8. The number of nitrogens with two attached hydrogens (primary N) is 7. The maximum Gasteiger partial charge on any atom is 0.305 e. The van der Waals surface area contributed by atoms with Gasteiger partial charge in [-0.25, -0.2) is 0 Å². The molecule has 2 aromatic rings. The van der Waals surface area contributed by atoms with E-state index in [0.717, 1.165) is 0 Å². The molecule has 0 spiro atoms. The van der Waals surface area contributed by atoms with Crippen molar-refractivity contribution in [3.63, 3.8) is 0 Å². The lowest BCUT2D eigenvalue weighted by Gasteiger charge is -2.28. The Morgan fingerprint density at radius 3 is 1.32 bits per heavy atom. The maximum absolute atomic E-state index is 14.3. The summed E-state index contributed by atoms with van der Waals surface area (Å²) in [4.78, 5) is 127. The summed E-state index contributed by atoms with van der Waals surface area (Å²) < 4.78 is 0. The molecule has 0 unspecified atom stereocenters. The van der Waals surface area contributed by atoms with Gasteiger partial charge in [-0.15, -0.1) is 0 Å². The fraction of sp³-hybridized carbons (Fsp3) is 0.477. The molecule has 0 bridgehead atoms. The van der Waals surface area contributed by atoms with Crippen LogP contribution in [0.3, 0.4) is 0 Å². The van der Waals surface area contributed by atoms with Crippen LogP contribution in [-0.4, -0.2) is 126 Å². The van der Waals surface area contributed by atoms with Gasteiger partial charge in [0.2, 0.25) is 47.3 Å². The molecule has 69 heavy (non-hydrogen) atoms. The molecule has 378 valence electrons. The number of hydrogen-bond donors (Lipinski definition) is 14. The summed E-state index contributed by atoms with van der Waals surface area (Å²) in [6.07, 6.45) is -1.46. The smallest absolute Gasteiger partial charge is 0.305 e. The number of carboxylic acid groups (broad SMARTS) is 1. The standard InChI is InChI=1S/C44H67N15O10/c1-24(2)19-31(40(67)55-29(16-10-18-53-44(50)51)38(65)56-30(36(47)63)20-25-11-5-3-6-12-25)57-41(68)32(21-26-13-7-4-8-14-26)58-42(69)33(23-34(46)60)59-39(66)28(15-9-17-52-43(48)49)54-37(64)27(45)22-35(61)62/h3-8,11-14,24,27-33H,9-10,15-23,45H2,1-2H3,(H2,46,60)(H2,47,63)(H,54,64)(H,55,67)(H,56,65)(H,57,68)(H,58,69)(H,59,66)(H,61,62)(H4,48,49,52)(H4,50,51,53)/t27-,28-,29-,30-,31-,32-,33-/m0/s1. The van der Waals surface area contributed by atoms with E-state index in [0.29, 0.717) is 11.1 Å². The summed E-state index contributed by atoms with van der Waals surface area (Å²) in [5.41, 5.74) is 39.8. The van der Waals surface area contributed by atoms with E-state index in [9.17, 15) is 43.2 Å². The number of nitrogens with one attached hydrogen (secondary N) is 6. The molecule has 0 heterocycles. The molecule has 0 radical (unpaired) electrons. The maximum atomic E-state index is 14.3. The average Bonchev–Trinajstić information content (AvgIpc) is 3.27. The van der Waals surface area contributed by atoms with Crippen molar-refractivity contribution >= 4 is 65.1 Å². The monoisotopic (exact) mass is 966 g/mol. The molecule has 2 rings (SSSR count). The molecule has 0 fully saturated rings. The highest BCUT2D eigenvalue weighted by molar-refractivity contribution is 5.98. The van der Waals surface area contributed by atoms with Crippen molar-refractivity contribution < 1.29 is 48.3 Å². The number of aliphatic carboxylic acids is 1. The number of hydrogen-bond acceptors (Lipinski definition) is 12. The van der Waals surface area contributed by atoms with Gasteiger partial charge >= 0.3 is 5.97 Å². The van der Waals surface area contributed by atoms with Gasteiger partial charge in [0.15, 0.2) is 11.9 Å². The third-order valence-corrected chi connectivity index (χ3v) is 10.1. The Kier molecular flexibility index (Phi) is 24.7. The van der Waals surface area contributed by atoms with Crippen molar-refractivity contribution in [2.24, 2.45) is 56.0 Å². The van der Waals surface area contributed by atoms with Gasteiger partial charge in [-0.1, -0.05) is 74.5 Å². The molecule has 0 aliphatic carbocycles. The molecule has 0 aliphatic rings. The van der Waals surface area contributed by atoms with Crippen LogP contribution < -0.4 is 72.0 Å². The van der Waals surface area contributed by atoms with Crippen molar-refractivity contribution in [3.05, 3.63) is 71.8 Å². The number of rotatable bonds is 31. The van der Waals surface area contributed by atoms with Gasteiger partial charge in [0.25, 0.3) is 0 Å². The van der Waals surface area contributed by atoms with Gasteiger partial charge in [-0.05, 0) is 49.1 Å². The van der Waals surface area contributed by atoms with E-state index in [1.807, 2.05) is 0 Å². The van der Waals surface area contributed by atoms with Crippen molar-refractivity contribution in [2.45, 2.75) is 114 Å². The molecular formula is C44H67N15O10. The number of carboxylic acids is 1. The number of benzene rings is 2. The van der Waals surface area contributed by atoms with Crippen LogP contribution >= 0.6 is 0 Å². The Hall–Kier alpha value is -7.83. The Labute approximate surface area is 399 Å². The summed E-state index contributed by atoms with van der Waals surface area (Å²) in [5, 5.41) is 24.4. The average molecular weight is 966 g/mol. The predicted molar refractivity (Wildman–Crippen MR) is 254 cm³/mol. The first-order chi connectivity index (χ1) is 32.6. The highest BCUT2D eigenvalue weighted by Gasteiger charge is 2.34. The van der Waals surface area contributed by atoms with Crippen LogP contribution in [0.15, 0.2) is 70.6 Å². The number of nitrogens with zero attached hydrogens (tertiary/aromatic N) is 2. The second kappa shape index (κ2) is 29.7. The van der Waals surface area contributed by atoms with Gasteiger partial charge in [0, 0.05) is 25.9 Å². The summed E-state index contributed by atoms with van der Waals surface area (Å²) in [5.74, 6) is -9.40. The minimum Gasteiger partial charge on any atom is -0.481 e. The fourth-order valence-corrected chi connectivity index (χ4v) is 6.71. The Morgan fingerprint density at radius 1 is 0.507 bits per heavy atom. The molecule has 0 saturated heterocycles. The summed E-state index contributed by atoms with van der Waals surface area (Å²) >= 11 is 0. The van der Waals surface area contributed by atoms with Gasteiger partial charge in [0.1, 0.15) is 36.3 Å². The number of guanidine groups is 2. The molecule has 2 aromatic carbocycles. The van der Waals surface area contributed by atoms with Crippen LogP contribution in [0.2, 0.25) is 0 Å². The van der Waals surface area contributed by atoms with E-state index in [-0.39, 0.29) is 75.9 Å². The second-order valence-electron chi connectivity index (χ2n) is 16.6. The van der Waals surface area contributed by atoms with Crippen molar-refractivity contribution in [2.75, 3.05) is 13.1 Å². The van der Waals surface area contributed by atoms with Crippen LogP contribution in [0.5, 0.6) is 0 Å². The summed E-state index contributed by atoms with van der Waals surface area (Å²) in [6, 6.07) is 7.26. The second-order valence-corrected chi connectivity index (χ2v) is 16.6. The third-order valence-electron chi connectivity index (χ3n) is 10.1. The minimum absolute atomic E-state index is 0.0108. The summed E-state index contributed by atoms with van der Waals surface area (Å²) in [7, 11) is 0. The molecule has 25 nitrogen and oxygen atoms in total. The molecule has 8 amide bonds. The van der Waals surface area contributed by atoms with E-state index >= 15 is 0 Å². The quantitative estimate of drug-likeness (QED) is 0.0193. The van der Waals surface area contributed by atoms with Gasteiger partial charge in [0.05, 0.1) is 18.9 Å². The van der Waals surface area contributed by atoms with Crippen LogP contribution in [0.25, 0.3) is 0 Å². The van der Waals surface area contributed by atoms with Gasteiger partial charge < -0.3 is 77.1 Å². The number of primary amides is 2. The zero-order valence-electron chi connectivity index (χ0n) is 38.7. The number of carbonyl (C=O) groups is 9. The van der Waals surface area contributed by atoms with Crippen molar-refractivity contribution in [1.29, 1.82) is 0 Å². The lowest BCUT2D eigenvalue weighted by Crippen LogP contribution is -2.60. The first-order valence-corrected chi connectivity index (χ1v) is 22.1. The molecular weight excluding hydrogens is 899 g/mol. The number of carbonyl (C=O) groups excluding carboxylic acids is 8. The molecule has 7 atom stereocenters. The van der Waals surface area contributed by atoms with E-state index < -0.39 is 108 Å². The first kappa shape index (κ1) is 57.3. The Morgan fingerprint density at radius 2 is 0.884 bits per heavy atom. The van der Waals surface area contributed by atoms with Crippen LogP contribution in [0.4, 0.5) is 0 Å².